The van der Waals surface area contributed by atoms with Gasteiger partial charge in [0.15, 0.2) is 6.79 Å². The average Bonchev–Trinajstić information content (AvgIpc) is 3.18. The number of rotatable bonds is 7. The van der Waals surface area contributed by atoms with Crippen molar-refractivity contribution in [1.29, 1.82) is 0 Å². The lowest BCUT2D eigenvalue weighted by Crippen LogP contribution is -2.24. The summed E-state index contributed by atoms with van der Waals surface area (Å²) in [6.07, 6.45) is 2.50. The summed E-state index contributed by atoms with van der Waals surface area (Å²) >= 11 is 0. The molecular formula is C17H19NO4. The Morgan fingerprint density at radius 2 is 2.14 bits per heavy atom. The third-order valence-electron chi connectivity index (χ3n) is 3.80. The molecule has 2 aromatic rings. The molecule has 1 aromatic carbocycles. The van der Waals surface area contributed by atoms with Crippen LogP contribution in [0.4, 0.5) is 0 Å². The van der Waals surface area contributed by atoms with Gasteiger partial charge in [0, 0.05) is 13.0 Å². The molecule has 1 aromatic heterocycles. The summed E-state index contributed by atoms with van der Waals surface area (Å²) in [7, 11) is 1.59. The van der Waals surface area contributed by atoms with Crippen LogP contribution in [0.15, 0.2) is 47.1 Å². The maximum atomic E-state index is 12.1. The Balaban J connectivity index is 1.49. The molecule has 0 aliphatic heterocycles. The Bertz CT molecular complexity index is 606. The number of furan rings is 1. The minimum absolute atomic E-state index is 0.0562. The molecule has 3 rings (SSSR count). The van der Waals surface area contributed by atoms with Crippen LogP contribution in [0.25, 0.3) is 0 Å². The quantitative estimate of drug-likeness (QED) is 0.799. The molecule has 2 atom stereocenters. The van der Waals surface area contributed by atoms with E-state index in [0.29, 0.717) is 12.5 Å². The summed E-state index contributed by atoms with van der Waals surface area (Å²) in [5.41, 5.74) is 1.17. The SMILES string of the molecule is COCOc1ccc(C2CC2C(=O)NCc2ccco2)cc1. The van der Waals surface area contributed by atoms with Crippen molar-refractivity contribution >= 4 is 5.91 Å². The monoisotopic (exact) mass is 301 g/mol. The van der Waals surface area contributed by atoms with Crippen molar-refractivity contribution in [2.75, 3.05) is 13.9 Å². The third kappa shape index (κ3) is 3.49. The van der Waals surface area contributed by atoms with E-state index < -0.39 is 0 Å². The zero-order chi connectivity index (χ0) is 15.4. The van der Waals surface area contributed by atoms with Crippen LogP contribution in [0.3, 0.4) is 0 Å². The fourth-order valence-electron chi connectivity index (χ4n) is 2.51. The van der Waals surface area contributed by atoms with E-state index in [1.165, 1.54) is 5.56 Å². The highest BCUT2D eigenvalue weighted by atomic mass is 16.7. The summed E-state index contributed by atoms with van der Waals surface area (Å²) in [4.78, 5) is 12.1. The summed E-state index contributed by atoms with van der Waals surface area (Å²) < 4.78 is 15.4. The van der Waals surface area contributed by atoms with Crippen molar-refractivity contribution in [3.05, 3.63) is 54.0 Å². The number of methoxy groups -OCH3 is 1. The molecule has 1 heterocycles. The zero-order valence-corrected chi connectivity index (χ0v) is 12.5. The topological polar surface area (TPSA) is 60.7 Å². The first kappa shape index (κ1) is 14.7. The lowest BCUT2D eigenvalue weighted by atomic mass is 10.1. The molecule has 5 nitrogen and oxygen atoms in total. The van der Waals surface area contributed by atoms with E-state index in [0.717, 1.165) is 17.9 Å². The molecule has 1 N–H and O–H groups in total. The Morgan fingerprint density at radius 3 is 2.82 bits per heavy atom. The van der Waals surface area contributed by atoms with Crippen molar-refractivity contribution in [3.63, 3.8) is 0 Å². The molecule has 1 amide bonds. The Hall–Kier alpha value is -2.27. The minimum Gasteiger partial charge on any atom is -0.468 e. The molecule has 116 valence electrons. The van der Waals surface area contributed by atoms with Crippen LogP contribution in [-0.4, -0.2) is 19.8 Å². The normalized spacial score (nSPS) is 19.7. The second-order valence-corrected chi connectivity index (χ2v) is 5.37. The van der Waals surface area contributed by atoms with Gasteiger partial charge in [0.1, 0.15) is 11.5 Å². The molecule has 0 radical (unpaired) electrons. The van der Waals surface area contributed by atoms with E-state index in [2.05, 4.69) is 5.32 Å². The molecule has 2 unspecified atom stereocenters. The Morgan fingerprint density at radius 1 is 1.32 bits per heavy atom. The second-order valence-electron chi connectivity index (χ2n) is 5.37. The minimum atomic E-state index is 0.0562. The van der Waals surface area contributed by atoms with Crippen molar-refractivity contribution in [2.24, 2.45) is 5.92 Å². The number of ether oxygens (including phenoxy) is 2. The number of nitrogens with one attached hydrogen (secondary N) is 1. The van der Waals surface area contributed by atoms with E-state index in [-0.39, 0.29) is 18.6 Å². The van der Waals surface area contributed by atoms with Crippen LogP contribution < -0.4 is 10.1 Å². The standard InChI is InChI=1S/C17H19NO4/c1-20-11-22-13-6-4-12(5-7-13)15-9-16(15)17(19)18-10-14-3-2-8-21-14/h2-8,15-16H,9-11H2,1H3,(H,18,19). The number of hydrogen-bond acceptors (Lipinski definition) is 4. The molecule has 0 bridgehead atoms. The van der Waals surface area contributed by atoms with Gasteiger partial charge in [-0.15, -0.1) is 0 Å². The van der Waals surface area contributed by atoms with Gasteiger partial charge in [0.05, 0.1) is 12.8 Å². The molecule has 1 fully saturated rings. The number of carbonyl (C=O) groups excluding carboxylic acids is 1. The molecular weight excluding hydrogens is 282 g/mol. The van der Waals surface area contributed by atoms with Gasteiger partial charge < -0.3 is 19.2 Å². The lowest BCUT2D eigenvalue weighted by Gasteiger charge is -2.06. The van der Waals surface area contributed by atoms with E-state index in [1.807, 2.05) is 36.4 Å². The summed E-state index contributed by atoms with van der Waals surface area (Å²) in [6, 6.07) is 11.5. The van der Waals surface area contributed by atoms with Crippen LogP contribution in [0.1, 0.15) is 23.7 Å². The first-order chi connectivity index (χ1) is 10.8. The number of benzene rings is 1. The second kappa shape index (κ2) is 6.66. The van der Waals surface area contributed by atoms with Crippen LogP contribution in [0.5, 0.6) is 5.75 Å². The van der Waals surface area contributed by atoms with Gasteiger partial charge in [0.25, 0.3) is 0 Å². The van der Waals surface area contributed by atoms with E-state index in [9.17, 15) is 4.79 Å². The van der Waals surface area contributed by atoms with Crippen LogP contribution in [0, 0.1) is 5.92 Å². The number of hydrogen-bond donors (Lipinski definition) is 1. The van der Waals surface area contributed by atoms with Crippen molar-refractivity contribution in [2.45, 2.75) is 18.9 Å². The van der Waals surface area contributed by atoms with Gasteiger partial charge >= 0.3 is 0 Å². The summed E-state index contributed by atoms with van der Waals surface area (Å²) in [5.74, 6) is 1.98. The zero-order valence-electron chi connectivity index (χ0n) is 12.5. The van der Waals surface area contributed by atoms with E-state index in [4.69, 9.17) is 13.9 Å². The molecule has 1 aliphatic rings. The molecule has 0 spiro atoms. The van der Waals surface area contributed by atoms with Crippen molar-refractivity contribution < 1.29 is 18.7 Å². The predicted octanol–water partition coefficient (Wildman–Crippen LogP) is 2.68. The lowest BCUT2D eigenvalue weighted by molar-refractivity contribution is -0.122. The first-order valence-corrected chi connectivity index (χ1v) is 7.29. The smallest absolute Gasteiger partial charge is 0.224 e. The molecule has 5 heteroatoms. The van der Waals surface area contributed by atoms with Gasteiger partial charge in [0.2, 0.25) is 5.91 Å². The Kier molecular flexibility index (Phi) is 4.44. The van der Waals surface area contributed by atoms with E-state index >= 15 is 0 Å². The fourth-order valence-corrected chi connectivity index (χ4v) is 2.51. The highest BCUT2D eigenvalue weighted by Crippen LogP contribution is 2.47. The predicted molar refractivity (Wildman–Crippen MR) is 80.3 cm³/mol. The van der Waals surface area contributed by atoms with Crippen molar-refractivity contribution in [3.8, 4) is 5.75 Å². The van der Waals surface area contributed by atoms with Gasteiger partial charge in [-0.3, -0.25) is 4.79 Å². The fraction of sp³-hybridized carbons (Fsp3) is 0.353. The van der Waals surface area contributed by atoms with Gasteiger partial charge in [-0.25, -0.2) is 0 Å². The van der Waals surface area contributed by atoms with Gasteiger partial charge in [-0.2, -0.15) is 0 Å². The Labute approximate surface area is 129 Å². The number of amides is 1. The maximum absolute atomic E-state index is 12.1. The third-order valence-corrected chi connectivity index (χ3v) is 3.80. The largest absolute Gasteiger partial charge is 0.468 e. The average molecular weight is 301 g/mol. The first-order valence-electron chi connectivity index (χ1n) is 7.29. The van der Waals surface area contributed by atoms with Gasteiger partial charge in [-0.05, 0) is 42.2 Å². The highest BCUT2D eigenvalue weighted by molar-refractivity contribution is 5.82. The summed E-state index contributed by atoms with van der Waals surface area (Å²) in [5, 5.41) is 2.91. The van der Waals surface area contributed by atoms with E-state index in [1.54, 1.807) is 13.4 Å². The highest BCUT2D eigenvalue weighted by Gasteiger charge is 2.43. The maximum Gasteiger partial charge on any atom is 0.224 e. The van der Waals surface area contributed by atoms with Crippen molar-refractivity contribution in [1.82, 2.24) is 5.32 Å². The molecule has 1 saturated carbocycles. The van der Waals surface area contributed by atoms with Crippen LogP contribution in [-0.2, 0) is 16.1 Å². The summed E-state index contributed by atoms with van der Waals surface area (Å²) in [6.45, 7) is 0.680. The van der Waals surface area contributed by atoms with Gasteiger partial charge in [-0.1, -0.05) is 12.1 Å². The molecule has 0 saturated heterocycles. The molecule has 22 heavy (non-hydrogen) atoms. The number of carbonyl (C=O) groups is 1. The van der Waals surface area contributed by atoms with Crippen LogP contribution >= 0.6 is 0 Å². The molecule has 1 aliphatic carbocycles. The van der Waals surface area contributed by atoms with Crippen LogP contribution in [0.2, 0.25) is 0 Å².